The summed E-state index contributed by atoms with van der Waals surface area (Å²) in [6.07, 6.45) is 1.19. The zero-order valence-electron chi connectivity index (χ0n) is 19.0. The van der Waals surface area contributed by atoms with Crippen molar-refractivity contribution < 1.29 is 33.9 Å². The van der Waals surface area contributed by atoms with Crippen LogP contribution >= 0.6 is 0 Å². The zero-order valence-corrected chi connectivity index (χ0v) is 19.0. The number of hydrogen-bond acceptors (Lipinski definition) is 8. The molecule has 34 heavy (non-hydrogen) atoms. The topological polar surface area (TPSA) is 254 Å². The average molecular weight is 486 g/mol. The van der Waals surface area contributed by atoms with Gasteiger partial charge in [0.05, 0.1) is 12.5 Å². The molecular formula is C20H35N7O7. The van der Waals surface area contributed by atoms with Gasteiger partial charge >= 0.3 is 5.97 Å². The predicted octanol–water partition coefficient (Wildman–Crippen LogP) is -3.37. The lowest BCUT2D eigenvalue weighted by Crippen LogP contribution is -2.57. The van der Waals surface area contributed by atoms with Crippen LogP contribution in [0, 0.1) is 0 Å². The highest BCUT2D eigenvalue weighted by molar-refractivity contribution is 5.95. The van der Waals surface area contributed by atoms with Crippen molar-refractivity contribution >= 4 is 35.5 Å². The number of nitrogens with one attached hydrogen (secondary N) is 2. The quantitative estimate of drug-likeness (QED) is 0.114. The molecule has 0 saturated carbocycles. The average Bonchev–Trinajstić information content (AvgIpc) is 3.24. The van der Waals surface area contributed by atoms with Crippen molar-refractivity contribution in [2.24, 2.45) is 22.9 Å². The number of unbranched alkanes of at least 4 members (excludes halogenated alkanes) is 1. The smallest absolute Gasteiger partial charge is 0.326 e. The normalized spacial score (nSPS) is 17.9. The van der Waals surface area contributed by atoms with Crippen LogP contribution in [0.4, 0.5) is 0 Å². The van der Waals surface area contributed by atoms with E-state index in [-0.39, 0.29) is 32.2 Å². The Balaban J connectivity index is 2.92. The highest BCUT2D eigenvalue weighted by Gasteiger charge is 2.38. The van der Waals surface area contributed by atoms with Crippen molar-refractivity contribution in [1.29, 1.82) is 0 Å². The maximum absolute atomic E-state index is 12.9. The SMILES string of the molecule is NCCCCC(NC(=O)C(CCC(N)=O)NC(=O)C1CCCN1C(=O)C(N)CC(N)=O)C(=O)O. The van der Waals surface area contributed by atoms with Gasteiger partial charge in [-0.3, -0.25) is 24.0 Å². The maximum atomic E-state index is 12.9. The third-order valence-corrected chi connectivity index (χ3v) is 5.45. The van der Waals surface area contributed by atoms with Crippen molar-refractivity contribution in [2.45, 2.75) is 75.5 Å². The molecule has 0 aliphatic carbocycles. The zero-order chi connectivity index (χ0) is 25.8. The molecule has 1 saturated heterocycles. The van der Waals surface area contributed by atoms with Crippen LogP contribution in [-0.4, -0.2) is 82.8 Å². The van der Waals surface area contributed by atoms with E-state index in [4.69, 9.17) is 22.9 Å². The van der Waals surface area contributed by atoms with E-state index in [1.807, 2.05) is 0 Å². The summed E-state index contributed by atoms with van der Waals surface area (Å²) in [5.41, 5.74) is 21.4. The third-order valence-electron chi connectivity index (χ3n) is 5.45. The Morgan fingerprint density at radius 3 is 2.21 bits per heavy atom. The summed E-state index contributed by atoms with van der Waals surface area (Å²) in [7, 11) is 0. The van der Waals surface area contributed by atoms with Crippen molar-refractivity contribution in [3.8, 4) is 0 Å². The summed E-state index contributed by atoms with van der Waals surface area (Å²) in [5.74, 6) is -4.81. The molecule has 0 aromatic heterocycles. The van der Waals surface area contributed by atoms with Crippen LogP contribution in [0.25, 0.3) is 0 Å². The van der Waals surface area contributed by atoms with Gasteiger partial charge in [0.2, 0.25) is 29.5 Å². The molecule has 4 atom stereocenters. The number of carboxylic acids is 1. The molecule has 1 rings (SSSR count). The summed E-state index contributed by atoms with van der Waals surface area (Å²) < 4.78 is 0. The summed E-state index contributed by atoms with van der Waals surface area (Å²) in [4.78, 5) is 73.3. The lowest BCUT2D eigenvalue weighted by molar-refractivity contribution is -0.143. The van der Waals surface area contributed by atoms with Gasteiger partial charge in [0, 0.05) is 13.0 Å². The second-order valence-electron chi connectivity index (χ2n) is 8.22. The standard InChI is InChI=1S/C20H35N7O7/c21-8-2-1-4-13(20(33)34)26-17(30)12(6-7-15(23)28)25-18(31)14-5-3-9-27(14)19(32)11(22)10-16(24)29/h11-14H,1-10,21-22H2,(H2,23,28)(H2,24,29)(H,25,31)(H,26,30)(H,33,34). The summed E-state index contributed by atoms with van der Waals surface area (Å²) >= 11 is 0. The summed E-state index contributed by atoms with van der Waals surface area (Å²) in [6, 6.07) is -4.61. The van der Waals surface area contributed by atoms with E-state index in [2.05, 4.69) is 10.6 Å². The number of likely N-dealkylation sites (tertiary alicyclic amines) is 1. The first-order chi connectivity index (χ1) is 16.0. The molecule has 0 aromatic carbocycles. The maximum Gasteiger partial charge on any atom is 0.326 e. The van der Waals surface area contributed by atoms with E-state index in [0.717, 1.165) is 0 Å². The minimum absolute atomic E-state index is 0.136. The number of carboxylic acid groups (broad SMARTS) is 1. The first-order valence-corrected chi connectivity index (χ1v) is 11.1. The second kappa shape index (κ2) is 14.1. The first-order valence-electron chi connectivity index (χ1n) is 11.1. The number of rotatable bonds is 15. The van der Waals surface area contributed by atoms with Crippen molar-refractivity contribution in [1.82, 2.24) is 15.5 Å². The number of primary amides is 2. The van der Waals surface area contributed by atoms with Crippen molar-refractivity contribution in [3.05, 3.63) is 0 Å². The third kappa shape index (κ3) is 9.31. The van der Waals surface area contributed by atoms with Crippen molar-refractivity contribution in [2.75, 3.05) is 13.1 Å². The van der Waals surface area contributed by atoms with Crippen LogP contribution in [0.1, 0.15) is 51.4 Å². The van der Waals surface area contributed by atoms with Gasteiger partial charge in [-0.05, 0) is 45.1 Å². The Bertz CT molecular complexity index is 776. The van der Waals surface area contributed by atoms with E-state index >= 15 is 0 Å². The monoisotopic (exact) mass is 485 g/mol. The van der Waals surface area contributed by atoms with E-state index in [9.17, 15) is 33.9 Å². The van der Waals surface area contributed by atoms with Gasteiger partial charge in [-0.25, -0.2) is 4.79 Å². The molecule has 1 fully saturated rings. The van der Waals surface area contributed by atoms with Gasteiger partial charge in [-0.1, -0.05) is 0 Å². The number of carbonyl (C=O) groups excluding carboxylic acids is 5. The van der Waals surface area contributed by atoms with Crippen LogP contribution < -0.4 is 33.6 Å². The first kappa shape index (κ1) is 28.8. The van der Waals surface area contributed by atoms with Crippen LogP contribution in [0.3, 0.4) is 0 Å². The molecule has 4 unspecified atom stereocenters. The molecule has 14 nitrogen and oxygen atoms in total. The number of carbonyl (C=O) groups is 6. The van der Waals surface area contributed by atoms with Crippen molar-refractivity contribution in [3.63, 3.8) is 0 Å². The molecule has 1 heterocycles. The summed E-state index contributed by atoms with van der Waals surface area (Å²) in [6.45, 7) is 0.598. The molecule has 11 N–H and O–H groups in total. The molecule has 0 radical (unpaired) electrons. The minimum atomic E-state index is -1.26. The highest BCUT2D eigenvalue weighted by Crippen LogP contribution is 2.19. The van der Waals surface area contributed by atoms with Gasteiger partial charge in [0.1, 0.15) is 18.1 Å². The number of amides is 5. The van der Waals surface area contributed by atoms with E-state index < -0.39 is 59.7 Å². The molecule has 14 heteroatoms. The fraction of sp³-hybridized carbons (Fsp3) is 0.700. The molecular weight excluding hydrogens is 450 g/mol. The Labute approximate surface area is 197 Å². The largest absolute Gasteiger partial charge is 0.480 e. The molecule has 192 valence electrons. The number of nitrogens with two attached hydrogens (primary N) is 4. The molecule has 0 spiro atoms. The lowest BCUT2D eigenvalue weighted by Gasteiger charge is -2.28. The Hall–Kier alpha value is -3.26. The van der Waals surface area contributed by atoms with E-state index in [1.165, 1.54) is 4.90 Å². The number of hydrogen-bond donors (Lipinski definition) is 7. The minimum Gasteiger partial charge on any atom is -0.480 e. The molecule has 1 aliphatic rings. The van der Waals surface area contributed by atoms with Gasteiger partial charge in [-0.15, -0.1) is 0 Å². The van der Waals surface area contributed by atoms with Gasteiger partial charge < -0.3 is 43.6 Å². The fourth-order valence-electron chi connectivity index (χ4n) is 3.67. The fourth-order valence-corrected chi connectivity index (χ4v) is 3.67. The summed E-state index contributed by atoms with van der Waals surface area (Å²) in [5, 5.41) is 14.3. The van der Waals surface area contributed by atoms with Crippen LogP contribution in [0.2, 0.25) is 0 Å². The molecule has 5 amide bonds. The Kier molecular flexibility index (Phi) is 11.9. The van der Waals surface area contributed by atoms with Gasteiger partial charge in [0.15, 0.2) is 0 Å². The Morgan fingerprint density at radius 1 is 0.971 bits per heavy atom. The molecule has 0 aromatic rings. The predicted molar refractivity (Wildman–Crippen MR) is 119 cm³/mol. The van der Waals surface area contributed by atoms with Gasteiger partial charge in [-0.2, -0.15) is 0 Å². The van der Waals surface area contributed by atoms with Gasteiger partial charge in [0.25, 0.3) is 0 Å². The van der Waals surface area contributed by atoms with E-state index in [1.54, 1.807) is 0 Å². The van der Waals surface area contributed by atoms with E-state index in [0.29, 0.717) is 32.2 Å². The van der Waals surface area contributed by atoms with Crippen LogP contribution in [0.15, 0.2) is 0 Å². The number of nitrogens with zero attached hydrogens (tertiary/aromatic N) is 1. The second-order valence-corrected chi connectivity index (χ2v) is 8.22. The molecule has 0 bridgehead atoms. The molecule has 1 aliphatic heterocycles. The number of aliphatic carboxylic acids is 1. The highest BCUT2D eigenvalue weighted by atomic mass is 16.4. The lowest BCUT2D eigenvalue weighted by atomic mass is 10.1. The Morgan fingerprint density at radius 2 is 1.65 bits per heavy atom. The van der Waals surface area contributed by atoms with Crippen LogP contribution in [-0.2, 0) is 28.8 Å². The van der Waals surface area contributed by atoms with Crippen LogP contribution in [0.5, 0.6) is 0 Å².